The Hall–Kier alpha value is -2.60. The van der Waals surface area contributed by atoms with E-state index < -0.39 is 0 Å². The van der Waals surface area contributed by atoms with Gasteiger partial charge in [-0.3, -0.25) is 4.79 Å². The molecule has 6 heteroatoms. The first kappa shape index (κ1) is 29.9. The fourth-order valence-electron chi connectivity index (χ4n) is 5.92. The molecular formula is C32H47NO5. The van der Waals surface area contributed by atoms with Gasteiger partial charge in [-0.2, -0.15) is 0 Å². The molecular weight excluding hydrogens is 478 g/mol. The number of ether oxygens (including phenoxy) is 3. The van der Waals surface area contributed by atoms with E-state index >= 15 is 0 Å². The Bertz CT molecular complexity index is 995. The number of esters is 1. The molecule has 1 aliphatic carbocycles. The Morgan fingerprint density at radius 1 is 0.947 bits per heavy atom. The first-order valence-electron chi connectivity index (χ1n) is 14.5. The minimum absolute atomic E-state index is 0.0428. The fourth-order valence-corrected chi connectivity index (χ4v) is 5.92. The second-order valence-electron chi connectivity index (χ2n) is 10.6. The summed E-state index contributed by atoms with van der Waals surface area (Å²) >= 11 is 0. The van der Waals surface area contributed by atoms with Crippen molar-refractivity contribution < 1.29 is 23.8 Å². The van der Waals surface area contributed by atoms with Crippen molar-refractivity contribution in [1.29, 1.82) is 0 Å². The van der Waals surface area contributed by atoms with Gasteiger partial charge in [0.15, 0.2) is 5.78 Å². The highest BCUT2D eigenvalue weighted by molar-refractivity contribution is 6.02. The van der Waals surface area contributed by atoms with Crippen LogP contribution in [-0.4, -0.2) is 39.2 Å². The lowest BCUT2D eigenvalue weighted by molar-refractivity contribution is -0.141. The number of methoxy groups -OCH3 is 2. The molecule has 2 unspecified atom stereocenters. The van der Waals surface area contributed by atoms with Gasteiger partial charge in [-0.1, -0.05) is 82.9 Å². The maximum absolute atomic E-state index is 13.7. The number of hydrogen-bond acceptors (Lipinski definition) is 6. The quantitative estimate of drug-likeness (QED) is 0.185. The van der Waals surface area contributed by atoms with E-state index in [0.717, 1.165) is 54.0 Å². The SMILES string of the molecule is CCCCCCCCCCCC1C(C(=O)OCCOC)=C(C)NC2=C1C(=O)CC(c1ccccc1OC)C2. The molecule has 1 aliphatic heterocycles. The molecule has 1 N–H and O–H groups in total. The molecule has 1 heterocycles. The topological polar surface area (TPSA) is 73.9 Å². The van der Waals surface area contributed by atoms with Crippen LogP contribution in [0.2, 0.25) is 0 Å². The highest BCUT2D eigenvalue weighted by Crippen LogP contribution is 2.44. The van der Waals surface area contributed by atoms with Gasteiger partial charge in [0.25, 0.3) is 0 Å². The van der Waals surface area contributed by atoms with Crippen LogP contribution in [-0.2, 0) is 19.1 Å². The predicted molar refractivity (Wildman–Crippen MR) is 151 cm³/mol. The minimum Gasteiger partial charge on any atom is -0.496 e. The molecule has 0 spiro atoms. The van der Waals surface area contributed by atoms with Crippen molar-refractivity contribution in [3.8, 4) is 5.75 Å². The van der Waals surface area contributed by atoms with Crippen molar-refractivity contribution in [3.63, 3.8) is 0 Å². The Morgan fingerprint density at radius 3 is 2.32 bits per heavy atom. The number of allylic oxidation sites excluding steroid dienone is 3. The normalized spacial score (nSPS) is 19.3. The summed E-state index contributed by atoms with van der Waals surface area (Å²) in [6.45, 7) is 4.72. The third-order valence-corrected chi connectivity index (χ3v) is 7.86. The lowest BCUT2D eigenvalue weighted by atomic mass is 9.72. The zero-order valence-electron chi connectivity index (χ0n) is 23.9. The average molecular weight is 526 g/mol. The summed E-state index contributed by atoms with van der Waals surface area (Å²) in [6.07, 6.45) is 13.0. The van der Waals surface area contributed by atoms with Gasteiger partial charge in [0.2, 0.25) is 0 Å². The first-order valence-corrected chi connectivity index (χ1v) is 14.5. The lowest BCUT2D eigenvalue weighted by Gasteiger charge is -2.36. The molecule has 38 heavy (non-hydrogen) atoms. The van der Waals surface area contributed by atoms with Crippen LogP contribution in [0.1, 0.15) is 102 Å². The molecule has 1 aromatic carbocycles. The number of dihydropyridines is 1. The zero-order chi connectivity index (χ0) is 27.3. The number of ketones is 1. The second-order valence-corrected chi connectivity index (χ2v) is 10.6. The van der Waals surface area contributed by atoms with Crippen molar-refractivity contribution in [2.24, 2.45) is 5.92 Å². The molecule has 3 rings (SSSR count). The van der Waals surface area contributed by atoms with Crippen LogP contribution in [0.3, 0.4) is 0 Å². The molecule has 1 aromatic rings. The monoisotopic (exact) mass is 525 g/mol. The van der Waals surface area contributed by atoms with E-state index in [0.29, 0.717) is 18.6 Å². The lowest BCUT2D eigenvalue weighted by Crippen LogP contribution is -2.37. The number of nitrogens with one attached hydrogen (secondary N) is 1. The summed E-state index contributed by atoms with van der Waals surface area (Å²) in [5.41, 5.74) is 4.17. The van der Waals surface area contributed by atoms with Gasteiger partial charge in [0.1, 0.15) is 12.4 Å². The second kappa shape index (κ2) is 15.7. The standard InChI is InChI=1S/C32H47NO5/c1-5-6-7-8-9-10-11-12-13-17-26-30(32(35)38-20-19-36-3)23(2)33-27-21-24(22-28(34)31(26)27)25-16-14-15-18-29(25)37-4/h14-16,18,24,26,33H,5-13,17,19-22H2,1-4H3. The van der Waals surface area contributed by atoms with Crippen molar-refractivity contribution in [2.75, 3.05) is 27.4 Å². The molecule has 0 amide bonds. The molecule has 0 radical (unpaired) electrons. The van der Waals surface area contributed by atoms with Crippen molar-refractivity contribution >= 4 is 11.8 Å². The van der Waals surface area contributed by atoms with E-state index in [2.05, 4.69) is 12.2 Å². The Morgan fingerprint density at radius 2 is 1.63 bits per heavy atom. The van der Waals surface area contributed by atoms with Gasteiger partial charge >= 0.3 is 5.97 Å². The Kier molecular flexibility index (Phi) is 12.4. The van der Waals surface area contributed by atoms with Crippen LogP contribution >= 0.6 is 0 Å². The number of rotatable bonds is 16. The summed E-state index contributed by atoms with van der Waals surface area (Å²) in [5, 5.41) is 3.44. The molecule has 0 bridgehead atoms. The van der Waals surface area contributed by atoms with Gasteiger partial charge in [-0.05, 0) is 31.4 Å². The van der Waals surface area contributed by atoms with E-state index in [-0.39, 0.29) is 30.2 Å². The number of carbonyl (C=O) groups excluding carboxylic acids is 2. The summed E-state index contributed by atoms with van der Waals surface area (Å²) in [6, 6.07) is 7.94. The predicted octanol–water partition coefficient (Wildman–Crippen LogP) is 7.00. The molecule has 0 aromatic heterocycles. The van der Waals surface area contributed by atoms with E-state index in [1.165, 1.54) is 44.9 Å². The van der Waals surface area contributed by atoms with Gasteiger partial charge in [-0.15, -0.1) is 0 Å². The van der Waals surface area contributed by atoms with Crippen molar-refractivity contribution in [3.05, 3.63) is 52.4 Å². The van der Waals surface area contributed by atoms with Crippen molar-refractivity contribution in [1.82, 2.24) is 5.32 Å². The van der Waals surface area contributed by atoms with Crippen LogP contribution in [0.15, 0.2) is 46.8 Å². The van der Waals surface area contributed by atoms with Gasteiger partial charge in [0.05, 0.1) is 19.3 Å². The molecule has 0 saturated carbocycles. The van der Waals surface area contributed by atoms with Crippen LogP contribution in [0.4, 0.5) is 0 Å². The van der Waals surface area contributed by atoms with E-state index in [1.807, 2.05) is 31.2 Å². The number of para-hydroxylation sites is 1. The number of benzene rings is 1. The van der Waals surface area contributed by atoms with Gasteiger partial charge < -0.3 is 19.5 Å². The third-order valence-electron chi connectivity index (χ3n) is 7.86. The average Bonchev–Trinajstić information content (AvgIpc) is 2.91. The number of Topliss-reactive ketones (excluding diaryl/α,β-unsaturated/α-hetero) is 1. The van der Waals surface area contributed by atoms with Crippen molar-refractivity contribution in [2.45, 2.75) is 96.8 Å². The summed E-state index contributed by atoms with van der Waals surface area (Å²) < 4.78 is 16.2. The molecule has 0 fully saturated rings. The van der Waals surface area contributed by atoms with E-state index in [9.17, 15) is 9.59 Å². The molecule has 2 aliphatic rings. The fraction of sp³-hybridized carbons (Fsp3) is 0.625. The smallest absolute Gasteiger partial charge is 0.336 e. The Labute approximate surface area is 229 Å². The first-order chi connectivity index (χ1) is 18.5. The minimum atomic E-state index is -0.348. The zero-order valence-corrected chi connectivity index (χ0v) is 23.9. The molecule has 210 valence electrons. The largest absolute Gasteiger partial charge is 0.496 e. The van der Waals surface area contributed by atoms with Crippen LogP contribution in [0.5, 0.6) is 5.75 Å². The highest BCUT2D eigenvalue weighted by Gasteiger charge is 2.40. The summed E-state index contributed by atoms with van der Waals surface area (Å²) in [7, 11) is 3.26. The maximum Gasteiger partial charge on any atom is 0.336 e. The van der Waals surface area contributed by atoms with E-state index in [1.54, 1.807) is 14.2 Å². The Balaban J connectivity index is 1.74. The summed E-state index contributed by atoms with van der Waals surface area (Å²) in [4.78, 5) is 26.9. The van der Waals surface area contributed by atoms with Crippen LogP contribution in [0, 0.1) is 5.92 Å². The van der Waals surface area contributed by atoms with Gasteiger partial charge in [0, 0.05) is 42.3 Å². The molecule has 2 atom stereocenters. The maximum atomic E-state index is 13.7. The molecule has 0 saturated heterocycles. The molecule has 6 nitrogen and oxygen atoms in total. The van der Waals surface area contributed by atoms with Crippen LogP contribution < -0.4 is 10.1 Å². The number of carbonyl (C=O) groups is 2. The van der Waals surface area contributed by atoms with E-state index in [4.69, 9.17) is 14.2 Å². The number of hydrogen-bond donors (Lipinski definition) is 1. The van der Waals surface area contributed by atoms with Crippen LogP contribution in [0.25, 0.3) is 0 Å². The third kappa shape index (κ3) is 7.95. The number of unbranched alkanes of at least 4 members (excludes halogenated alkanes) is 8. The summed E-state index contributed by atoms with van der Waals surface area (Å²) in [5.74, 6) is 0.397. The van der Waals surface area contributed by atoms with Gasteiger partial charge in [-0.25, -0.2) is 4.79 Å². The highest BCUT2D eigenvalue weighted by atomic mass is 16.6.